The van der Waals surface area contributed by atoms with Crippen LogP contribution >= 0.6 is 0 Å². The summed E-state index contributed by atoms with van der Waals surface area (Å²) in [5.74, 6) is -0.514. The van der Waals surface area contributed by atoms with Crippen LogP contribution in [0.1, 0.15) is 11.1 Å². The molecule has 0 amide bonds. The summed E-state index contributed by atoms with van der Waals surface area (Å²) in [6.07, 6.45) is 0. The second kappa shape index (κ2) is 8.64. The molecule has 6 N–H and O–H groups in total. The van der Waals surface area contributed by atoms with Gasteiger partial charge in [0.05, 0.1) is 34.3 Å². The van der Waals surface area contributed by atoms with Crippen molar-refractivity contribution in [3.63, 3.8) is 0 Å². The van der Waals surface area contributed by atoms with E-state index in [0.29, 0.717) is 11.1 Å². The van der Waals surface area contributed by atoms with Crippen molar-refractivity contribution in [1.29, 1.82) is 0 Å². The molecule has 0 aromatic heterocycles. The Morgan fingerprint density at radius 3 is 1.33 bits per heavy atom. The lowest BCUT2D eigenvalue weighted by Crippen LogP contribution is -2.18. The van der Waals surface area contributed by atoms with Gasteiger partial charge in [-0.05, 0) is 23.3 Å². The van der Waals surface area contributed by atoms with Gasteiger partial charge in [0.1, 0.15) is 0 Å². The standard InChI is InChI=1S/C20H22N4O4S2/c21-17-11-18(22)20(24-30(27,28)14-16-9-5-2-6-10-16)12-19(17)23-29(25,26)13-15-7-3-1-4-8-15/h1-12,23-24H,13-14,21-22H2. The van der Waals surface area contributed by atoms with Gasteiger partial charge >= 0.3 is 0 Å². The average molecular weight is 447 g/mol. The van der Waals surface area contributed by atoms with E-state index in [2.05, 4.69) is 9.44 Å². The van der Waals surface area contributed by atoms with E-state index in [1.807, 2.05) is 0 Å². The summed E-state index contributed by atoms with van der Waals surface area (Å²) in [4.78, 5) is 0. The second-order valence-corrected chi connectivity index (χ2v) is 10.2. The minimum absolute atomic E-state index is 0.0394. The number of nitrogens with one attached hydrogen (secondary N) is 2. The lowest BCUT2D eigenvalue weighted by molar-refractivity contribution is 0.599. The minimum Gasteiger partial charge on any atom is -0.397 e. The molecule has 0 aliphatic carbocycles. The van der Waals surface area contributed by atoms with Crippen LogP contribution in [-0.4, -0.2) is 16.8 Å². The van der Waals surface area contributed by atoms with E-state index in [1.54, 1.807) is 60.7 Å². The number of nitrogen functional groups attached to an aromatic ring is 2. The molecule has 0 saturated carbocycles. The van der Waals surface area contributed by atoms with Crippen molar-refractivity contribution in [2.24, 2.45) is 0 Å². The minimum atomic E-state index is -3.78. The molecule has 3 rings (SSSR count). The molecule has 10 heteroatoms. The Labute approximate surface area is 176 Å². The van der Waals surface area contributed by atoms with Crippen molar-refractivity contribution in [2.45, 2.75) is 11.5 Å². The highest BCUT2D eigenvalue weighted by Crippen LogP contribution is 2.31. The Kier molecular flexibility index (Phi) is 6.18. The van der Waals surface area contributed by atoms with Gasteiger partial charge in [-0.1, -0.05) is 60.7 Å². The summed E-state index contributed by atoms with van der Waals surface area (Å²) in [5, 5.41) is 0. The van der Waals surface area contributed by atoms with E-state index in [0.717, 1.165) is 0 Å². The lowest BCUT2D eigenvalue weighted by atomic mass is 10.2. The highest BCUT2D eigenvalue weighted by Gasteiger charge is 2.18. The van der Waals surface area contributed by atoms with Crippen LogP contribution in [0.15, 0.2) is 72.8 Å². The van der Waals surface area contributed by atoms with Crippen LogP contribution in [0.4, 0.5) is 22.7 Å². The van der Waals surface area contributed by atoms with Crippen LogP contribution in [0.2, 0.25) is 0 Å². The number of hydrogen-bond acceptors (Lipinski definition) is 6. The number of rotatable bonds is 8. The molecule has 0 fully saturated rings. The van der Waals surface area contributed by atoms with Gasteiger partial charge in [-0.25, -0.2) is 16.8 Å². The molecule has 0 atom stereocenters. The maximum Gasteiger partial charge on any atom is 0.236 e. The van der Waals surface area contributed by atoms with E-state index in [4.69, 9.17) is 11.5 Å². The molecule has 0 heterocycles. The SMILES string of the molecule is Nc1cc(N)c(NS(=O)(=O)Cc2ccccc2)cc1NS(=O)(=O)Cc1ccccc1. The van der Waals surface area contributed by atoms with E-state index in [-0.39, 0.29) is 34.3 Å². The molecule has 0 saturated heterocycles. The maximum absolute atomic E-state index is 12.5. The first-order chi connectivity index (χ1) is 14.1. The number of sulfonamides is 2. The quantitative estimate of drug-likeness (QED) is 0.392. The first kappa shape index (κ1) is 21.5. The first-order valence-electron chi connectivity index (χ1n) is 8.91. The Morgan fingerprint density at radius 2 is 0.967 bits per heavy atom. The molecule has 0 aliphatic heterocycles. The summed E-state index contributed by atoms with van der Waals surface area (Å²) >= 11 is 0. The zero-order valence-electron chi connectivity index (χ0n) is 15.9. The van der Waals surface area contributed by atoms with Crippen molar-refractivity contribution >= 4 is 42.8 Å². The molecule has 0 radical (unpaired) electrons. The smallest absolute Gasteiger partial charge is 0.236 e. The van der Waals surface area contributed by atoms with Gasteiger partial charge in [-0.3, -0.25) is 9.44 Å². The third kappa shape index (κ3) is 5.88. The van der Waals surface area contributed by atoms with Crippen LogP contribution in [-0.2, 0) is 31.6 Å². The van der Waals surface area contributed by atoms with Gasteiger partial charge in [0, 0.05) is 0 Å². The first-order valence-corrected chi connectivity index (χ1v) is 12.2. The van der Waals surface area contributed by atoms with Crippen molar-refractivity contribution < 1.29 is 16.8 Å². The number of hydrogen-bond donors (Lipinski definition) is 4. The monoisotopic (exact) mass is 446 g/mol. The molecule has 0 spiro atoms. The van der Waals surface area contributed by atoms with E-state index >= 15 is 0 Å². The summed E-state index contributed by atoms with van der Waals surface area (Å²) in [7, 11) is -7.56. The van der Waals surface area contributed by atoms with Crippen molar-refractivity contribution in [3.8, 4) is 0 Å². The summed E-state index contributed by atoms with van der Waals surface area (Å²) in [6, 6.07) is 19.9. The molecule has 0 unspecified atom stereocenters. The van der Waals surface area contributed by atoms with Crippen LogP contribution < -0.4 is 20.9 Å². The fourth-order valence-corrected chi connectivity index (χ4v) is 5.24. The molecule has 3 aromatic rings. The van der Waals surface area contributed by atoms with Gasteiger partial charge in [-0.2, -0.15) is 0 Å². The Morgan fingerprint density at radius 1 is 0.600 bits per heavy atom. The highest BCUT2D eigenvalue weighted by atomic mass is 32.2. The Hall–Kier alpha value is -3.24. The molecule has 3 aromatic carbocycles. The van der Waals surface area contributed by atoms with Crippen molar-refractivity contribution in [3.05, 3.63) is 83.9 Å². The molecule has 8 nitrogen and oxygen atoms in total. The van der Waals surface area contributed by atoms with Gasteiger partial charge in [0.15, 0.2) is 0 Å². The van der Waals surface area contributed by atoms with Gasteiger partial charge in [0.25, 0.3) is 0 Å². The predicted molar refractivity (Wildman–Crippen MR) is 121 cm³/mol. The van der Waals surface area contributed by atoms with Crippen LogP contribution in [0, 0.1) is 0 Å². The number of anilines is 4. The summed E-state index contributed by atoms with van der Waals surface area (Å²) in [6.45, 7) is 0. The number of benzene rings is 3. The molecule has 158 valence electrons. The number of nitrogens with two attached hydrogens (primary N) is 2. The highest BCUT2D eigenvalue weighted by molar-refractivity contribution is 7.92. The van der Waals surface area contributed by atoms with Gasteiger partial charge in [0.2, 0.25) is 20.0 Å². The fraction of sp³-hybridized carbons (Fsp3) is 0.100. The topological polar surface area (TPSA) is 144 Å². The van der Waals surface area contributed by atoms with E-state index in [9.17, 15) is 16.8 Å². The van der Waals surface area contributed by atoms with Gasteiger partial charge < -0.3 is 11.5 Å². The molecule has 0 aliphatic rings. The van der Waals surface area contributed by atoms with Crippen LogP contribution in [0.25, 0.3) is 0 Å². The van der Waals surface area contributed by atoms with Gasteiger partial charge in [-0.15, -0.1) is 0 Å². The largest absolute Gasteiger partial charge is 0.397 e. The second-order valence-electron chi connectivity index (χ2n) is 6.72. The fourth-order valence-electron chi connectivity index (χ4n) is 2.81. The third-order valence-electron chi connectivity index (χ3n) is 4.15. The summed E-state index contributed by atoms with van der Waals surface area (Å²) in [5.41, 5.74) is 13.2. The zero-order chi connectivity index (χ0) is 21.8. The Bertz CT molecular complexity index is 1140. The van der Waals surface area contributed by atoms with Crippen molar-refractivity contribution in [1.82, 2.24) is 0 Å². The zero-order valence-corrected chi connectivity index (χ0v) is 17.6. The maximum atomic E-state index is 12.5. The Balaban J connectivity index is 1.81. The van der Waals surface area contributed by atoms with E-state index < -0.39 is 20.0 Å². The van der Waals surface area contributed by atoms with Crippen LogP contribution in [0.3, 0.4) is 0 Å². The molecule has 0 bridgehead atoms. The van der Waals surface area contributed by atoms with E-state index in [1.165, 1.54) is 12.1 Å². The molecular weight excluding hydrogens is 424 g/mol. The molecular formula is C20H22N4O4S2. The normalized spacial score (nSPS) is 11.7. The van der Waals surface area contributed by atoms with Crippen LogP contribution in [0.5, 0.6) is 0 Å². The van der Waals surface area contributed by atoms with Crippen molar-refractivity contribution in [2.75, 3.05) is 20.9 Å². The average Bonchev–Trinajstić information content (AvgIpc) is 2.66. The summed E-state index contributed by atoms with van der Waals surface area (Å²) < 4.78 is 54.8. The predicted octanol–water partition coefficient (Wildman–Crippen LogP) is 2.73. The molecule has 30 heavy (non-hydrogen) atoms. The lowest BCUT2D eigenvalue weighted by Gasteiger charge is -2.15. The third-order valence-corrected chi connectivity index (χ3v) is 6.64.